The number of amides is 1. The van der Waals surface area contributed by atoms with Gasteiger partial charge in [0, 0.05) is 35.7 Å². The Hall–Kier alpha value is -2.43. The molecular formula is C22H24ClN3O. The van der Waals surface area contributed by atoms with Crippen LogP contribution in [0.2, 0.25) is 5.02 Å². The molecule has 0 aliphatic heterocycles. The fourth-order valence-corrected chi connectivity index (χ4v) is 3.30. The van der Waals surface area contributed by atoms with Crippen molar-refractivity contribution in [1.29, 1.82) is 0 Å². The molecule has 1 aromatic heterocycles. The number of hydrogen-bond donors (Lipinski definition) is 0. The maximum atomic E-state index is 13.5. The summed E-state index contributed by atoms with van der Waals surface area (Å²) in [7, 11) is 4.02. The number of fused-ring (bicyclic) bond motifs is 1. The Morgan fingerprint density at radius 2 is 1.81 bits per heavy atom. The van der Waals surface area contributed by atoms with Gasteiger partial charge < -0.3 is 9.80 Å². The minimum absolute atomic E-state index is 0.0125. The normalized spacial score (nSPS) is 11.1. The molecule has 5 heteroatoms. The Morgan fingerprint density at radius 3 is 2.56 bits per heavy atom. The van der Waals surface area contributed by atoms with Gasteiger partial charge in [0.15, 0.2) is 0 Å². The molecule has 140 valence electrons. The first-order chi connectivity index (χ1) is 12.9. The molecule has 2 aromatic carbocycles. The summed E-state index contributed by atoms with van der Waals surface area (Å²) in [6, 6.07) is 17.3. The van der Waals surface area contributed by atoms with Gasteiger partial charge in [0.2, 0.25) is 0 Å². The van der Waals surface area contributed by atoms with Gasteiger partial charge >= 0.3 is 0 Å². The standard InChI is InChI=1S/C22H24ClN3O/c1-16-13-20(19-9-4-5-10-21(19)24-16)22(27)26(12-11-25(2)3)15-17-7-6-8-18(23)14-17/h4-10,13-14H,11-12,15H2,1-3H3. The first-order valence-electron chi connectivity index (χ1n) is 8.99. The average molecular weight is 382 g/mol. The lowest BCUT2D eigenvalue weighted by Gasteiger charge is -2.25. The number of rotatable bonds is 6. The summed E-state index contributed by atoms with van der Waals surface area (Å²) in [5.41, 5.74) is 3.40. The van der Waals surface area contributed by atoms with Gasteiger partial charge in [-0.3, -0.25) is 9.78 Å². The molecule has 3 aromatic rings. The van der Waals surface area contributed by atoms with E-state index < -0.39 is 0 Å². The van der Waals surface area contributed by atoms with E-state index in [1.807, 2.05) is 80.5 Å². The molecule has 0 fully saturated rings. The zero-order valence-corrected chi connectivity index (χ0v) is 16.7. The van der Waals surface area contributed by atoms with Gasteiger partial charge in [-0.1, -0.05) is 41.9 Å². The quantitative estimate of drug-likeness (QED) is 0.635. The van der Waals surface area contributed by atoms with Gasteiger partial charge in [-0.15, -0.1) is 0 Å². The Kier molecular flexibility index (Phi) is 6.09. The number of hydrogen-bond acceptors (Lipinski definition) is 3. The maximum absolute atomic E-state index is 13.5. The van der Waals surface area contributed by atoms with E-state index in [0.717, 1.165) is 28.7 Å². The van der Waals surface area contributed by atoms with Crippen molar-refractivity contribution in [2.24, 2.45) is 0 Å². The summed E-state index contributed by atoms with van der Waals surface area (Å²) in [5, 5.41) is 1.56. The lowest BCUT2D eigenvalue weighted by atomic mass is 10.1. The highest BCUT2D eigenvalue weighted by molar-refractivity contribution is 6.30. The first-order valence-corrected chi connectivity index (χ1v) is 9.36. The van der Waals surface area contributed by atoms with Crippen molar-refractivity contribution in [3.63, 3.8) is 0 Å². The molecule has 4 nitrogen and oxygen atoms in total. The van der Waals surface area contributed by atoms with Crippen LogP contribution < -0.4 is 0 Å². The van der Waals surface area contributed by atoms with Crippen molar-refractivity contribution < 1.29 is 4.79 Å². The van der Waals surface area contributed by atoms with E-state index in [9.17, 15) is 4.79 Å². The largest absolute Gasteiger partial charge is 0.333 e. The molecule has 0 N–H and O–H groups in total. The lowest BCUT2D eigenvalue weighted by Crippen LogP contribution is -2.36. The predicted octanol–water partition coefficient (Wildman–Crippen LogP) is 4.40. The average Bonchev–Trinajstić information content (AvgIpc) is 2.63. The zero-order valence-electron chi connectivity index (χ0n) is 15.9. The lowest BCUT2D eigenvalue weighted by molar-refractivity contribution is 0.0734. The number of likely N-dealkylation sites (N-methyl/N-ethyl adjacent to an activating group) is 1. The monoisotopic (exact) mass is 381 g/mol. The summed E-state index contributed by atoms with van der Waals surface area (Å²) in [5.74, 6) is 0.0125. The minimum atomic E-state index is 0.0125. The third-order valence-corrected chi connectivity index (χ3v) is 4.68. The zero-order chi connectivity index (χ0) is 19.4. The molecule has 27 heavy (non-hydrogen) atoms. The highest BCUT2D eigenvalue weighted by atomic mass is 35.5. The van der Waals surface area contributed by atoms with Crippen LogP contribution in [0, 0.1) is 6.92 Å². The number of benzene rings is 2. The second-order valence-corrected chi connectivity index (χ2v) is 7.42. The smallest absolute Gasteiger partial charge is 0.254 e. The molecule has 0 spiro atoms. The number of nitrogens with zero attached hydrogens (tertiary/aromatic N) is 3. The third kappa shape index (κ3) is 4.85. The van der Waals surface area contributed by atoms with Crippen LogP contribution in [-0.4, -0.2) is 47.9 Å². The minimum Gasteiger partial charge on any atom is -0.333 e. The van der Waals surface area contributed by atoms with Crippen LogP contribution in [0.5, 0.6) is 0 Å². The van der Waals surface area contributed by atoms with Crippen molar-refractivity contribution in [3.8, 4) is 0 Å². The Labute approximate surface area is 165 Å². The van der Waals surface area contributed by atoms with Gasteiger partial charge in [-0.25, -0.2) is 0 Å². The van der Waals surface area contributed by atoms with Crippen molar-refractivity contribution >= 4 is 28.4 Å². The summed E-state index contributed by atoms with van der Waals surface area (Å²) >= 11 is 6.13. The second-order valence-electron chi connectivity index (χ2n) is 6.99. The molecule has 0 aliphatic rings. The van der Waals surface area contributed by atoms with Crippen molar-refractivity contribution in [2.75, 3.05) is 27.2 Å². The topological polar surface area (TPSA) is 36.4 Å². The molecule has 0 bridgehead atoms. The predicted molar refractivity (Wildman–Crippen MR) is 111 cm³/mol. The van der Waals surface area contributed by atoms with E-state index in [1.165, 1.54) is 0 Å². The van der Waals surface area contributed by atoms with Crippen LogP contribution in [0.25, 0.3) is 10.9 Å². The molecule has 0 atom stereocenters. The molecule has 0 radical (unpaired) electrons. The molecule has 0 unspecified atom stereocenters. The van der Waals surface area contributed by atoms with Gasteiger partial charge in [-0.2, -0.15) is 0 Å². The van der Waals surface area contributed by atoms with Gasteiger partial charge in [-0.05, 0) is 50.8 Å². The number of halogens is 1. The molecule has 0 saturated carbocycles. The fourth-order valence-electron chi connectivity index (χ4n) is 3.08. The molecule has 1 amide bonds. The van der Waals surface area contributed by atoms with Crippen LogP contribution in [0.4, 0.5) is 0 Å². The van der Waals surface area contributed by atoms with Gasteiger partial charge in [0.1, 0.15) is 0 Å². The van der Waals surface area contributed by atoms with E-state index in [-0.39, 0.29) is 5.91 Å². The van der Waals surface area contributed by atoms with Crippen molar-refractivity contribution in [2.45, 2.75) is 13.5 Å². The second kappa shape index (κ2) is 8.51. The molecule has 1 heterocycles. The highest BCUT2D eigenvalue weighted by Crippen LogP contribution is 2.21. The highest BCUT2D eigenvalue weighted by Gasteiger charge is 2.19. The van der Waals surface area contributed by atoms with Crippen LogP contribution in [0.15, 0.2) is 54.6 Å². The number of aryl methyl sites for hydroxylation is 1. The number of para-hydroxylation sites is 1. The third-order valence-electron chi connectivity index (χ3n) is 4.44. The molecular weight excluding hydrogens is 358 g/mol. The van der Waals surface area contributed by atoms with E-state index in [1.54, 1.807) is 0 Å². The van der Waals surface area contributed by atoms with Crippen LogP contribution in [0.1, 0.15) is 21.6 Å². The van der Waals surface area contributed by atoms with E-state index in [4.69, 9.17) is 11.6 Å². The van der Waals surface area contributed by atoms with E-state index >= 15 is 0 Å². The summed E-state index contributed by atoms with van der Waals surface area (Å²) < 4.78 is 0. The SMILES string of the molecule is Cc1cc(C(=O)N(CCN(C)C)Cc2cccc(Cl)c2)c2ccccc2n1. The molecule has 0 aliphatic carbocycles. The summed E-state index contributed by atoms with van der Waals surface area (Å²) in [6.07, 6.45) is 0. The fraction of sp³-hybridized carbons (Fsp3) is 0.273. The first kappa shape index (κ1) is 19.3. The van der Waals surface area contributed by atoms with Gasteiger partial charge in [0.25, 0.3) is 5.91 Å². The molecule has 0 saturated heterocycles. The van der Waals surface area contributed by atoms with E-state index in [2.05, 4.69) is 9.88 Å². The number of pyridine rings is 1. The van der Waals surface area contributed by atoms with Crippen LogP contribution in [-0.2, 0) is 6.54 Å². The number of aromatic nitrogens is 1. The van der Waals surface area contributed by atoms with Crippen LogP contribution >= 0.6 is 11.6 Å². The number of carbonyl (C=O) groups is 1. The Bertz CT molecular complexity index is 955. The van der Waals surface area contributed by atoms with Crippen LogP contribution in [0.3, 0.4) is 0 Å². The maximum Gasteiger partial charge on any atom is 0.254 e. The van der Waals surface area contributed by atoms with Crippen molar-refractivity contribution in [1.82, 2.24) is 14.8 Å². The van der Waals surface area contributed by atoms with Gasteiger partial charge in [0.05, 0.1) is 11.1 Å². The van der Waals surface area contributed by atoms with Crippen molar-refractivity contribution in [3.05, 3.63) is 76.4 Å². The Morgan fingerprint density at radius 1 is 1.04 bits per heavy atom. The summed E-state index contributed by atoms with van der Waals surface area (Å²) in [6.45, 7) is 3.86. The number of carbonyl (C=O) groups excluding carboxylic acids is 1. The summed E-state index contributed by atoms with van der Waals surface area (Å²) in [4.78, 5) is 22.0. The molecule has 3 rings (SSSR count). The van der Waals surface area contributed by atoms with E-state index in [0.29, 0.717) is 23.7 Å². The Balaban J connectivity index is 1.97.